The molecule has 0 aliphatic heterocycles. The number of rotatable bonds is 3. The Labute approximate surface area is 164 Å². The number of benzene rings is 3. The second-order valence-corrected chi connectivity index (χ2v) is 6.83. The lowest BCUT2D eigenvalue weighted by molar-refractivity contribution is -0.498. The van der Waals surface area contributed by atoms with Gasteiger partial charge in [0.15, 0.2) is 5.75 Å². The van der Waals surface area contributed by atoms with Gasteiger partial charge in [0, 0.05) is 17.0 Å². The summed E-state index contributed by atoms with van der Waals surface area (Å²) in [5.41, 5.74) is 5.94. The number of hydrogen-bond acceptors (Lipinski definition) is 1. The van der Waals surface area contributed by atoms with Crippen LogP contribution in [0.15, 0.2) is 103 Å². The first-order valence-corrected chi connectivity index (χ1v) is 9.42. The van der Waals surface area contributed by atoms with Gasteiger partial charge in [-0.15, -0.1) is 0 Å². The van der Waals surface area contributed by atoms with Crippen molar-refractivity contribution in [2.75, 3.05) is 7.11 Å². The van der Waals surface area contributed by atoms with Crippen molar-refractivity contribution >= 4 is 16.3 Å². The van der Waals surface area contributed by atoms with Gasteiger partial charge < -0.3 is 4.74 Å². The monoisotopic (exact) mass is 362 g/mol. The average molecular weight is 362 g/mol. The molecule has 2 heterocycles. The van der Waals surface area contributed by atoms with Crippen LogP contribution in [-0.2, 0) is 0 Å². The molecule has 28 heavy (non-hydrogen) atoms. The van der Waals surface area contributed by atoms with Crippen molar-refractivity contribution in [3.05, 3.63) is 103 Å². The van der Waals surface area contributed by atoms with Gasteiger partial charge in [0.2, 0.25) is 17.4 Å². The highest BCUT2D eigenvalue weighted by Gasteiger charge is 2.24. The van der Waals surface area contributed by atoms with E-state index in [2.05, 4.69) is 102 Å². The topological polar surface area (TPSA) is 13.3 Å². The maximum atomic E-state index is 5.55. The zero-order chi connectivity index (χ0) is 18.9. The SMILES string of the molecule is COc1ccc2c3ccccc3c(-c3ccccc3)c(-c3ccccc3)[n+]2c1. The average Bonchev–Trinajstić information content (AvgIpc) is 2.79. The second kappa shape index (κ2) is 6.82. The minimum absolute atomic E-state index is 0.837. The fourth-order valence-electron chi connectivity index (χ4n) is 3.96. The number of hydrogen-bond donors (Lipinski definition) is 0. The van der Waals surface area contributed by atoms with Crippen molar-refractivity contribution < 1.29 is 9.14 Å². The number of aromatic nitrogens is 1. The van der Waals surface area contributed by atoms with E-state index in [1.54, 1.807) is 7.11 Å². The standard InChI is InChI=1S/C26H20NO/c1-28-21-16-17-24-22-14-8-9-15-23(22)25(19-10-4-2-5-11-19)26(27(24)18-21)20-12-6-3-7-13-20/h2-18H,1H3/q+1. The van der Waals surface area contributed by atoms with Crippen LogP contribution in [0.25, 0.3) is 38.7 Å². The van der Waals surface area contributed by atoms with E-state index >= 15 is 0 Å². The van der Waals surface area contributed by atoms with Gasteiger partial charge in [0.05, 0.1) is 18.1 Å². The van der Waals surface area contributed by atoms with Crippen LogP contribution in [0.4, 0.5) is 0 Å². The van der Waals surface area contributed by atoms with Crippen LogP contribution in [0.1, 0.15) is 0 Å². The van der Waals surface area contributed by atoms with Crippen molar-refractivity contribution in [3.63, 3.8) is 0 Å². The molecule has 5 aromatic rings. The van der Waals surface area contributed by atoms with E-state index in [4.69, 9.17) is 4.74 Å². The Morgan fingerprint density at radius 2 is 1.21 bits per heavy atom. The molecule has 2 aromatic heterocycles. The Balaban J connectivity index is 2.05. The number of methoxy groups -OCH3 is 1. The molecule has 5 rings (SSSR count). The van der Waals surface area contributed by atoms with Gasteiger partial charge >= 0.3 is 0 Å². The van der Waals surface area contributed by atoms with Crippen LogP contribution in [-0.4, -0.2) is 7.11 Å². The Morgan fingerprint density at radius 1 is 0.607 bits per heavy atom. The maximum absolute atomic E-state index is 5.55. The van der Waals surface area contributed by atoms with Gasteiger partial charge in [0.1, 0.15) is 0 Å². The van der Waals surface area contributed by atoms with Crippen molar-refractivity contribution in [3.8, 4) is 28.1 Å². The molecule has 0 saturated carbocycles. The maximum Gasteiger partial charge on any atom is 0.227 e. The van der Waals surface area contributed by atoms with Gasteiger partial charge in [-0.3, -0.25) is 0 Å². The number of nitrogens with zero attached hydrogens (tertiary/aromatic N) is 1. The van der Waals surface area contributed by atoms with E-state index in [9.17, 15) is 0 Å². The third-order valence-corrected chi connectivity index (χ3v) is 5.22. The number of fused-ring (bicyclic) bond motifs is 3. The van der Waals surface area contributed by atoms with E-state index in [1.807, 2.05) is 6.07 Å². The minimum atomic E-state index is 0.837. The highest BCUT2D eigenvalue weighted by atomic mass is 16.5. The van der Waals surface area contributed by atoms with Crippen LogP contribution >= 0.6 is 0 Å². The number of pyridine rings is 2. The zero-order valence-corrected chi connectivity index (χ0v) is 15.7. The van der Waals surface area contributed by atoms with Crippen LogP contribution in [0, 0.1) is 0 Å². The third-order valence-electron chi connectivity index (χ3n) is 5.22. The Morgan fingerprint density at radius 3 is 1.89 bits per heavy atom. The summed E-state index contributed by atoms with van der Waals surface area (Å²) in [4.78, 5) is 0. The Bertz CT molecular complexity index is 1280. The molecule has 0 spiro atoms. The van der Waals surface area contributed by atoms with Crippen LogP contribution in [0.3, 0.4) is 0 Å². The van der Waals surface area contributed by atoms with E-state index in [-0.39, 0.29) is 0 Å². The Kier molecular flexibility index (Phi) is 4.02. The minimum Gasteiger partial charge on any atom is -0.491 e. The van der Waals surface area contributed by atoms with Crippen molar-refractivity contribution in [2.45, 2.75) is 0 Å². The fourth-order valence-corrected chi connectivity index (χ4v) is 3.96. The van der Waals surface area contributed by atoms with Crippen LogP contribution in [0.5, 0.6) is 5.75 Å². The third kappa shape index (κ3) is 2.62. The summed E-state index contributed by atoms with van der Waals surface area (Å²) in [6.07, 6.45) is 2.08. The molecule has 0 radical (unpaired) electrons. The lowest BCUT2D eigenvalue weighted by Gasteiger charge is -2.13. The molecular weight excluding hydrogens is 342 g/mol. The van der Waals surface area contributed by atoms with Gasteiger partial charge in [-0.2, -0.15) is 4.40 Å². The molecule has 0 fully saturated rings. The molecule has 0 aliphatic rings. The largest absolute Gasteiger partial charge is 0.491 e. The molecular formula is C26H20NO+. The van der Waals surface area contributed by atoms with E-state index in [1.165, 1.54) is 33.2 Å². The summed E-state index contributed by atoms with van der Waals surface area (Å²) in [6.45, 7) is 0. The summed E-state index contributed by atoms with van der Waals surface area (Å²) in [7, 11) is 1.71. The Hall–Kier alpha value is -3.65. The van der Waals surface area contributed by atoms with Crippen molar-refractivity contribution in [1.29, 1.82) is 0 Å². The first-order valence-electron chi connectivity index (χ1n) is 9.42. The summed E-state index contributed by atoms with van der Waals surface area (Å²) in [6, 6.07) is 34.0. The first kappa shape index (κ1) is 16.5. The van der Waals surface area contributed by atoms with Gasteiger partial charge in [0.25, 0.3) is 0 Å². The smallest absolute Gasteiger partial charge is 0.227 e. The summed E-state index contributed by atoms with van der Waals surface area (Å²) in [5.74, 6) is 0.837. The van der Waals surface area contributed by atoms with Gasteiger partial charge in [-0.05, 0) is 29.8 Å². The lowest BCUT2D eigenvalue weighted by Crippen LogP contribution is -2.26. The van der Waals surface area contributed by atoms with Crippen LogP contribution in [0.2, 0.25) is 0 Å². The summed E-state index contributed by atoms with van der Waals surface area (Å²) < 4.78 is 7.81. The van der Waals surface area contributed by atoms with Crippen molar-refractivity contribution in [1.82, 2.24) is 0 Å². The lowest BCUT2D eigenvalue weighted by atomic mass is 9.93. The molecule has 0 bridgehead atoms. The van der Waals surface area contributed by atoms with E-state index in [0.29, 0.717) is 0 Å². The fraction of sp³-hybridized carbons (Fsp3) is 0.0385. The molecule has 0 N–H and O–H groups in total. The summed E-state index contributed by atoms with van der Waals surface area (Å²) >= 11 is 0. The highest BCUT2D eigenvalue weighted by molar-refractivity contribution is 6.06. The molecule has 0 aliphatic carbocycles. The number of ether oxygens (including phenoxy) is 1. The molecule has 0 unspecified atom stereocenters. The highest BCUT2D eigenvalue weighted by Crippen LogP contribution is 2.37. The first-order chi connectivity index (χ1) is 13.9. The molecule has 0 atom stereocenters. The molecule has 2 heteroatoms. The van der Waals surface area contributed by atoms with Gasteiger partial charge in [-0.1, -0.05) is 66.7 Å². The molecule has 134 valence electrons. The zero-order valence-electron chi connectivity index (χ0n) is 15.7. The predicted molar refractivity (Wildman–Crippen MR) is 115 cm³/mol. The van der Waals surface area contributed by atoms with E-state index < -0.39 is 0 Å². The van der Waals surface area contributed by atoms with Crippen molar-refractivity contribution in [2.24, 2.45) is 0 Å². The van der Waals surface area contributed by atoms with Crippen LogP contribution < -0.4 is 9.14 Å². The molecule has 0 saturated heterocycles. The predicted octanol–water partition coefficient (Wildman–Crippen LogP) is 5.92. The van der Waals surface area contributed by atoms with E-state index in [0.717, 1.165) is 11.3 Å². The molecule has 2 nitrogen and oxygen atoms in total. The second-order valence-electron chi connectivity index (χ2n) is 6.83. The summed E-state index contributed by atoms with van der Waals surface area (Å²) in [5, 5.41) is 2.47. The van der Waals surface area contributed by atoms with Gasteiger partial charge in [-0.25, -0.2) is 0 Å². The quantitative estimate of drug-likeness (QED) is 0.287. The molecule has 0 amide bonds. The molecule has 3 aromatic carbocycles. The normalized spacial score (nSPS) is 11.0.